The molecule has 1 rings (SSSR count). The highest BCUT2D eigenvalue weighted by atomic mass is 16.2. The first-order chi connectivity index (χ1) is 8.70. The molecule has 5 heteroatoms. The summed E-state index contributed by atoms with van der Waals surface area (Å²) in [5.74, 6) is 0.306. The van der Waals surface area contributed by atoms with E-state index in [9.17, 15) is 4.79 Å². The van der Waals surface area contributed by atoms with Crippen LogP contribution in [-0.2, 0) is 4.79 Å². The van der Waals surface area contributed by atoms with Crippen LogP contribution in [0, 0.1) is 11.3 Å². The van der Waals surface area contributed by atoms with Gasteiger partial charge in [-0.2, -0.15) is 0 Å². The topological polar surface area (TPSA) is 93.2 Å². The van der Waals surface area contributed by atoms with Crippen molar-refractivity contribution < 1.29 is 4.79 Å². The highest BCUT2D eigenvalue weighted by Crippen LogP contribution is 2.34. The third-order valence-corrected chi connectivity index (χ3v) is 4.55. The third-order valence-electron chi connectivity index (χ3n) is 4.55. The highest BCUT2D eigenvalue weighted by molar-refractivity contribution is 5.80. The van der Waals surface area contributed by atoms with Gasteiger partial charge in [0.2, 0.25) is 5.91 Å². The van der Waals surface area contributed by atoms with Crippen LogP contribution >= 0.6 is 0 Å². The van der Waals surface area contributed by atoms with Crippen molar-refractivity contribution in [1.82, 2.24) is 10.9 Å². The lowest BCUT2D eigenvalue weighted by Gasteiger charge is -2.45. The molecule has 0 bridgehead atoms. The lowest BCUT2D eigenvalue weighted by Crippen LogP contribution is -2.61. The molecule has 1 saturated carbocycles. The van der Waals surface area contributed by atoms with Gasteiger partial charge in [0.1, 0.15) is 0 Å². The molecule has 0 aromatic carbocycles. The number of hydrazine groups is 1. The Balaban J connectivity index is 2.61. The summed E-state index contributed by atoms with van der Waals surface area (Å²) in [5, 5.41) is 0. The zero-order valence-electron chi connectivity index (χ0n) is 12.8. The number of rotatable bonds is 8. The van der Waals surface area contributed by atoms with Crippen molar-refractivity contribution in [3.05, 3.63) is 0 Å². The van der Waals surface area contributed by atoms with Crippen LogP contribution in [0.1, 0.15) is 53.4 Å². The Labute approximate surface area is 116 Å². The summed E-state index contributed by atoms with van der Waals surface area (Å²) in [6.07, 6.45) is 3.82. The normalized spacial score (nSPS) is 18.2. The fourth-order valence-electron chi connectivity index (χ4n) is 1.99. The Kier molecular flexibility index (Phi) is 5.35. The number of hydrogen-bond donors (Lipinski definition) is 4. The van der Waals surface area contributed by atoms with Gasteiger partial charge in [-0.25, -0.2) is 5.43 Å². The molecule has 6 N–H and O–H groups in total. The van der Waals surface area contributed by atoms with E-state index in [1.807, 2.05) is 13.8 Å². The fourth-order valence-corrected chi connectivity index (χ4v) is 1.99. The summed E-state index contributed by atoms with van der Waals surface area (Å²) in [6.45, 7) is 8.95. The van der Waals surface area contributed by atoms with E-state index in [0.717, 1.165) is 25.7 Å². The van der Waals surface area contributed by atoms with Crippen LogP contribution in [0.3, 0.4) is 0 Å². The molecular weight excluding hydrogens is 240 g/mol. The number of carbonyl (C=O) groups is 1. The van der Waals surface area contributed by atoms with Gasteiger partial charge >= 0.3 is 0 Å². The van der Waals surface area contributed by atoms with E-state index in [2.05, 4.69) is 24.7 Å². The second-order valence-electron chi connectivity index (χ2n) is 6.83. The molecule has 0 aromatic rings. The van der Waals surface area contributed by atoms with Crippen LogP contribution in [0.5, 0.6) is 0 Å². The minimum Gasteiger partial charge on any atom is -0.330 e. The van der Waals surface area contributed by atoms with Crippen molar-refractivity contribution in [3.63, 3.8) is 0 Å². The summed E-state index contributed by atoms with van der Waals surface area (Å²) in [7, 11) is 0. The minimum atomic E-state index is -0.344. The Morgan fingerprint density at radius 2 is 1.89 bits per heavy atom. The minimum absolute atomic E-state index is 0.100. The first kappa shape index (κ1) is 16.4. The molecule has 0 radical (unpaired) electrons. The van der Waals surface area contributed by atoms with Gasteiger partial charge in [-0.3, -0.25) is 10.2 Å². The molecule has 0 saturated heterocycles. The van der Waals surface area contributed by atoms with Crippen molar-refractivity contribution in [2.75, 3.05) is 6.54 Å². The van der Waals surface area contributed by atoms with Crippen LogP contribution in [0.2, 0.25) is 0 Å². The standard InChI is InChI=1S/C14H30N4O/c1-13(2,14(3,4)16)11(6-5-9-15)17-18-12(19)10-7-8-10/h10-11,17H,5-9,15-16H2,1-4H3,(H,18,19). The molecule has 1 aliphatic carbocycles. The van der Waals surface area contributed by atoms with Gasteiger partial charge in [0.15, 0.2) is 0 Å². The second kappa shape index (κ2) is 6.20. The van der Waals surface area contributed by atoms with Crippen molar-refractivity contribution in [1.29, 1.82) is 0 Å². The first-order valence-corrected chi connectivity index (χ1v) is 7.24. The number of hydrogen-bond acceptors (Lipinski definition) is 4. The monoisotopic (exact) mass is 270 g/mol. The zero-order valence-corrected chi connectivity index (χ0v) is 12.8. The smallest absolute Gasteiger partial charge is 0.237 e. The average Bonchev–Trinajstić information content (AvgIpc) is 3.10. The largest absolute Gasteiger partial charge is 0.330 e. The number of carbonyl (C=O) groups excluding carboxylic acids is 1. The summed E-state index contributed by atoms with van der Waals surface area (Å²) in [5.41, 5.74) is 17.4. The second-order valence-corrected chi connectivity index (χ2v) is 6.83. The van der Waals surface area contributed by atoms with Gasteiger partial charge in [0.05, 0.1) is 0 Å². The Hall–Kier alpha value is -0.650. The average molecular weight is 270 g/mol. The predicted molar refractivity (Wildman–Crippen MR) is 78.1 cm³/mol. The molecule has 1 atom stereocenters. The summed E-state index contributed by atoms with van der Waals surface area (Å²) >= 11 is 0. The van der Waals surface area contributed by atoms with E-state index in [4.69, 9.17) is 11.5 Å². The maximum atomic E-state index is 11.7. The predicted octanol–water partition coefficient (Wildman–Crippen LogP) is 0.888. The van der Waals surface area contributed by atoms with Crippen LogP contribution in [-0.4, -0.2) is 24.0 Å². The molecule has 1 fully saturated rings. The molecule has 19 heavy (non-hydrogen) atoms. The number of amides is 1. The van der Waals surface area contributed by atoms with E-state index in [1.165, 1.54) is 0 Å². The highest BCUT2D eigenvalue weighted by Gasteiger charge is 2.41. The number of nitrogens with one attached hydrogen (secondary N) is 2. The quantitative estimate of drug-likeness (QED) is 0.493. The van der Waals surface area contributed by atoms with Gasteiger partial charge in [-0.15, -0.1) is 0 Å². The maximum absolute atomic E-state index is 11.7. The van der Waals surface area contributed by atoms with Crippen molar-refractivity contribution in [2.24, 2.45) is 22.8 Å². The number of nitrogens with two attached hydrogens (primary N) is 2. The summed E-state index contributed by atoms with van der Waals surface area (Å²) < 4.78 is 0. The Morgan fingerprint density at radius 3 is 2.32 bits per heavy atom. The molecular formula is C14H30N4O. The van der Waals surface area contributed by atoms with Crippen molar-refractivity contribution in [3.8, 4) is 0 Å². The van der Waals surface area contributed by atoms with Crippen LogP contribution in [0.15, 0.2) is 0 Å². The molecule has 5 nitrogen and oxygen atoms in total. The van der Waals surface area contributed by atoms with Crippen molar-refractivity contribution >= 4 is 5.91 Å². The van der Waals surface area contributed by atoms with Gasteiger partial charge in [-0.05, 0) is 51.5 Å². The van der Waals surface area contributed by atoms with E-state index in [1.54, 1.807) is 0 Å². The first-order valence-electron chi connectivity index (χ1n) is 7.24. The van der Waals surface area contributed by atoms with Gasteiger partial charge in [-0.1, -0.05) is 13.8 Å². The SMILES string of the molecule is CC(C)(N)C(C)(C)C(CCCN)NNC(=O)C1CC1. The zero-order chi connectivity index (χ0) is 14.7. The van der Waals surface area contributed by atoms with Crippen LogP contribution in [0.25, 0.3) is 0 Å². The van der Waals surface area contributed by atoms with E-state index >= 15 is 0 Å². The van der Waals surface area contributed by atoms with Gasteiger partial charge in [0, 0.05) is 17.5 Å². The summed E-state index contributed by atoms with van der Waals surface area (Å²) in [4.78, 5) is 11.7. The lowest BCUT2D eigenvalue weighted by molar-refractivity contribution is -0.123. The van der Waals surface area contributed by atoms with E-state index in [0.29, 0.717) is 6.54 Å². The lowest BCUT2D eigenvalue weighted by atomic mass is 9.69. The molecule has 0 aromatic heterocycles. The molecule has 0 aliphatic heterocycles. The van der Waals surface area contributed by atoms with E-state index in [-0.39, 0.29) is 28.8 Å². The molecule has 1 unspecified atom stereocenters. The van der Waals surface area contributed by atoms with Crippen LogP contribution < -0.4 is 22.3 Å². The third kappa shape index (κ3) is 4.44. The van der Waals surface area contributed by atoms with Crippen molar-refractivity contribution in [2.45, 2.75) is 65.0 Å². The summed E-state index contributed by atoms with van der Waals surface area (Å²) in [6, 6.07) is 0.110. The van der Waals surface area contributed by atoms with Gasteiger partial charge in [0.25, 0.3) is 0 Å². The van der Waals surface area contributed by atoms with E-state index < -0.39 is 0 Å². The molecule has 1 aliphatic rings. The molecule has 112 valence electrons. The maximum Gasteiger partial charge on any atom is 0.237 e. The fraction of sp³-hybridized carbons (Fsp3) is 0.929. The Morgan fingerprint density at radius 1 is 1.32 bits per heavy atom. The molecule has 1 amide bonds. The van der Waals surface area contributed by atoms with Crippen LogP contribution in [0.4, 0.5) is 0 Å². The van der Waals surface area contributed by atoms with Gasteiger partial charge < -0.3 is 11.5 Å². The Bertz CT molecular complexity index is 305. The molecule has 0 spiro atoms. The molecule has 0 heterocycles.